The summed E-state index contributed by atoms with van der Waals surface area (Å²) in [7, 11) is 0. The maximum Gasteiger partial charge on any atom is 0.248 e. The third-order valence-electron chi connectivity index (χ3n) is 4.27. The Balaban J connectivity index is 1.74. The van der Waals surface area contributed by atoms with E-state index >= 15 is 0 Å². The molecule has 136 valence electrons. The van der Waals surface area contributed by atoms with Crippen LogP contribution in [0.25, 0.3) is 6.08 Å². The summed E-state index contributed by atoms with van der Waals surface area (Å²) in [4.78, 5) is 23.2. The SMILES string of the molecule is Cc1nc(N2CCCC2)nc(C)c1NC(=O)/C=C/c1cc(F)ccc1F. The Labute approximate surface area is 150 Å². The minimum Gasteiger partial charge on any atom is -0.341 e. The molecular weight excluding hydrogens is 338 g/mol. The molecule has 2 aromatic rings. The van der Waals surface area contributed by atoms with Crippen molar-refractivity contribution >= 4 is 23.6 Å². The number of carbonyl (C=O) groups excluding carboxylic acids is 1. The molecule has 1 aromatic carbocycles. The van der Waals surface area contributed by atoms with Gasteiger partial charge >= 0.3 is 0 Å². The lowest BCUT2D eigenvalue weighted by molar-refractivity contribution is -0.111. The molecule has 1 amide bonds. The van der Waals surface area contributed by atoms with Gasteiger partial charge < -0.3 is 10.2 Å². The van der Waals surface area contributed by atoms with Crippen LogP contribution in [0.3, 0.4) is 0 Å². The number of halogens is 2. The van der Waals surface area contributed by atoms with E-state index in [4.69, 9.17) is 0 Å². The first-order chi connectivity index (χ1) is 12.4. The lowest BCUT2D eigenvalue weighted by Gasteiger charge is -2.18. The average Bonchev–Trinajstić information content (AvgIpc) is 3.13. The van der Waals surface area contributed by atoms with Crippen LogP contribution in [0.5, 0.6) is 0 Å². The first kappa shape index (κ1) is 18.0. The molecule has 0 bridgehead atoms. The second-order valence-corrected chi connectivity index (χ2v) is 6.25. The Hall–Kier alpha value is -2.83. The fourth-order valence-electron chi connectivity index (χ4n) is 2.91. The van der Waals surface area contributed by atoms with Gasteiger partial charge in [0.1, 0.15) is 11.6 Å². The van der Waals surface area contributed by atoms with Gasteiger partial charge in [-0.3, -0.25) is 4.79 Å². The van der Waals surface area contributed by atoms with E-state index in [0.29, 0.717) is 23.0 Å². The molecule has 1 aromatic heterocycles. The minimum atomic E-state index is -0.596. The number of hydrogen-bond acceptors (Lipinski definition) is 4. The molecule has 0 spiro atoms. The van der Waals surface area contributed by atoms with Crippen LogP contribution in [-0.4, -0.2) is 29.0 Å². The summed E-state index contributed by atoms with van der Waals surface area (Å²) < 4.78 is 26.8. The summed E-state index contributed by atoms with van der Waals surface area (Å²) >= 11 is 0. The molecule has 0 atom stereocenters. The number of nitrogens with zero attached hydrogens (tertiary/aromatic N) is 3. The molecular formula is C19H20F2N4O. The van der Waals surface area contributed by atoms with Crippen molar-refractivity contribution in [2.75, 3.05) is 23.3 Å². The fourth-order valence-corrected chi connectivity index (χ4v) is 2.91. The van der Waals surface area contributed by atoms with Gasteiger partial charge in [0, 0.05) is 24.7 Å². The predicted molar refractivity (Wildman–Crippen MR) is 97.0 cm³/mol. The predicted octanol–water partition coefficient (Wildman–Crippen LogP) is 3.62. The van der Waals surface area contributed by atoms with Crippen molar-refractivity contribution in [3.8, 4) is 0 Å². The number of amides is 1. The summed E-state index contributed by atoms with van der Waals surface area (Å²) in [6.07, 6.45) is 4.64. The normalized spacial score (nSPS) is 14.2. The molecule has 7 heteroatoms. The Morgan fingerprint density at radius 2 is 1.81 bits per heavy atom. The molecule has 0 saturated carbocycles. The van der Waals surface area contributed by atoms with Gasteiger partial charge in [-0.05, 0) is 51.0 Å². The highest BCUT2D eigenvalue weighted by molar-refractivity contribution is 6.02. The van der Waals surface area contributed by atoms with Crippen LogP contribution in [0.4, 0.5) is 20.4 Å². The molecule has 5 nitrogen and oxygen atoms in total. The van der Waals surface area contributed by atoms with Gasteiger partial charge in [-0.25, -0.2) is 18.7 Å². The third-order valence-corrected chi connectivity index (χ3v) is 4.27. The smallest absolute Gasteiger partial charge is 0.248 e. The molecule has 26 heavy (non-hydrogen) atoms. The van der Waals surface area contributed by atoms with E-state index in [2.05, 4.69) is 20.2 Å². The molecule has 1 fully saturated rings. The van der Waals surface area contributed by atoms with E-state index in [1.807, 2.05) is 0 Å². The number of hydrogen-bond donors (Lipinski definition) is 1. The van der Waals surface area contributed by atoms with Gasteiger partial charge in [-0.1, -0.05) is 0 Å². The van der Waals surface area contributed by atoms with Gasteiger partial charge in [0.05, 0.1) is 17.1 Å². The van der Waals surface area contributed by atoms with Crippen molar-refractivity contribution in [3.63, 3.8) is 0 Å². The molecule has 0 aliphatic carbocycles. The number of carbonyl (C=O) groups is 1. The van der Waals surface area contributed by atoms with Crippen molar-refractivity contribution in [2.45, 2.75) is 26.7 Å². The van der Waals surface area contributed by atoms with Crippen LogP contribution in [0.2, 0.25) is 0 Å². The Morgan fingerprint density at radius 1 is 1.15 bits per heavy atom. The van der Waals surface area contributed by atoms with Crippen LogP contribution in [-0.2, 0) is 4.79 Å². The molecule has 1 saturated heterocycles. The summed E-state index contributed by atoms with van der Waals surface area (Å²) in [6.45, 7) is 5.48. The summed E-state index contributed by atoms with van der Waals surface area (Å²) in [5.74, 6) is -0.949. The Kier molecular flexibility index (Phi) is 5.25. The first-order valence-electron chi connectivity index (χ1n) is 8.48. The zero-order valence-corrected chi connectivity index (χ0v) is 14.7. The molecule has 0 unspecified atom stereocenters. The van der Waals surface area contributed by atoms with Gasteiger partial charge in [0.25, 0.3) is 0 Å². The number of aromatic nitrogens is 2. The second-order valence-electron chi connectivity index (χ2n) is 6.25. The molecule has 1 N–H and O–H groups in total. The van der Waals surface area contributed by atoms with E-state index in [0.717, 1.165) is 50.2 Å². The lowest BCUT2D eigenvalue weighted by atomic mass is 10.2. The topological polar surface area (TPSA) is 58.1 Å². The van der Waals surface area contributed by atoms with Gasteiger partial charge in [0.2, 0.25) is 11.9 Å². The number of anilines is 2. The van der Waals surface area contributed by atoms with Gasteiger partial charge in [-0.15, -0.1) is 0 Å². The highest BCUT2D eigenvalue weighted by atomic mass is 19.1. The van der Waals surface area contributed by atoms with Crippen molar-refractivity contribution < 1.29 is 13.6 Å². The number of rotatable bonds is 4. The van der Waals surface area contributed by atoms with E-state index in [9.17, 15) is 13.6 Å². The number of aryl methyl sites for hydroxylation is 2. The van der Waals surface area contributed by atoms with Crippen molar-refractivity contribution in [1.82, 2.24) is 9.97 Å². The van der Waals surface area contributed by atoms with Crippen molar-refractivity contribution in [1.29, 1.82) is 0 Å². The van der Waals surface area contributed by atoms with Crippen LogP contribution in [0, 0.1) is 25.5 Å². The molecule has 1 aliphatic heterocycles. The molecule has 1 aliphatic rings. The lowest BCUT2D eigenvalue weighted by Crippen LogP contribution is -2.22. The van der Waals surface area contributed by atoms with E-state index in [1.165, 1.54) is 6.08 Å². The molecule has 3 rings (SSSR count). The minimum absolute atomic E-state index is 0.00854. The van der Waals surface area contributed by atoms with E-state index in [1.54, 1.807) is 13.8 Å². The fraction of sp³-hybridized carbons (Fsp3) is 0.316. The monoisotopic (exact) mass is 358 g/mol. The highest BCUT2D eigenvalue weighted by Crippen LogP contribution is 2.23. The van der Waals surface area contributed by atoms with E-state index < -0.39 is 17.5 Å². The summed E-state index contributed by atoms with van der Waals surface area (Å²) in [5, 5.41) is 2.72. The maximum atomic E-state index is 13.6. The van der Waals surface area contributed by atoms with E-state index in [-0.39, 0.29) is 5.56 Å². The molecule has 0 radical (unpaired) electrons. The first-order valence-corrected chi connectivity index (χ1v) is 8.48. The zero-order valence-electron chi connectivity index (χ0n) is 14.7. The maximum absolute atomic E-state index is 13.6. The number of nitrogens with one attached hydrogen (secondary N) is 1. The summed E-state index contributed by atoms with van der Waals surface area (Å²) in [6, 6.07) is 3.08. The highest BCUT2D eigenvalue weighted by Gasteiger charge is 2.18. The zero-order chi connectivity index (χ0) is 18.7. The van der Waals surface area contributed by atoms with Crippen LogP contribution in [0.1, 0.15) is 29.8 Å². The Morgan fingerprint density at radius 3 is 2.46 bits per heavy atom. The van der Waals surface area contributed by atoms with Crippen LogP contribution in [0.15, 0.2) is 24.3 Å². The number of benzene rings is 1. The standard InChI is InChI=1S/C19H20F2N4O/c1-12-18(13(2)23-19(22-12)25-9-3-4-10-25)24-17(26)8-5-14-11-15(20)6-7-16(14)21/h5-8,11H,3-4,9-10H2,1-2H3,(H,24,26)/b8-5+. The second kappa shape index (κ2) is 7.59. The van der Waals surface area contributed by atoms with Crippen molar-refractivity contribution in [3.05, 3.63) is 52.9 Å². The quantitative estimate of drug-likeness (QED) is 0.848. The van der Waals surface area contributed by atoms with Crippen molar-refractivity contribution in [2.24, 2.45) is 0 Å². The average molecular weight is 358 g/mol. The summed E-state index contributed by atoms with van der Waals surface area (Å²) in [5.41, 5.74) is 1.87. The van der Waals surface area contributed by atoms with Crippen LogP contribution < -0.4 is 10.2 Å². The molecule has 2 heterocycles. The van der Waals surface area contributed by atoms with Crippen LogP contribution >= 0.6 is 0 Å². The Bertz CT molecular complexity index is 838. The van der Waals surface area contributed by atoms with Gasteiger partial charge in [-0.2, -0.15) is 0 Å². The third kappa shape index (κ3) is 4.04. The van der Waals surface area contributed by atoms with Gasteiger partial charge in [0.15, 0.2) is 0 Å². The largest absolute Gasteiger partial charge is 0.341 e.